The van der Waals surface area contributed by atoms with Gasteiger partial charge in [-0.1, -0.05) is 69.5 Å². The number of rotatable bonds is 6. The van der Waals surface area contributed by atoms with E-state index < -0.39 is 0 Å². The summed E-state index contributed by atoms with van der Waals surface area (Å²) in [5.74, 6) is 0.905. The topological polar surface area (TPSA) is 51.1 Å². The summed E-state index contributed by atoms with van der Waals surface area (Å²) in [5.41, 5.74) is 3.33. The van der Waals surface area contributed by atoms with Crippen LogP contribution in [0.1, 0.15) is 69.0 Å². The largest absolute Gasteiger partial charge is 0.347 e. The van der Waals surface area contributed by atoms with Gasteiger partial charge in [-0.25, -0.2) is 0 Å². The van der Waals surface area contributed by atoms with Crippen LogP contribution in [0.25, 0.3) is 10.9 Å². The van der Waals surface area contributed by atoms with Crippen LogP contribution in [0.2, 0.25) is 0 Å². The van der Waals surface area contributed by atoms with Gasteiger partial charge in [0.05, 0.1) is 11.6 Å². The third-order valence-electron chi connectivity index (χ3n) is 6.55. The van der Waals surface area contributed by atoms with Crippen molar-refractivity contribution in [2.45, 2.75) is 64.5 Å². The maximum atomic E-state index is 12.9. The molecule has 1 aromatic heterocycles. The Morgan fingerprint density at radius 1 is 1.00 bits per heavy atom. The molecular weight excluding hydrogens is 384 g/mol. The van der Waals surface area contributed by atoms with Gasteiger partial charge in [-0.05, 0) is 47.9 Å². The fourth-order valence-corrected chi connectivity index (χ4v) is 4.82. The normalized spacial score (nSPS) is 15.8. The molecule has 162 valence electrons. The molecule has 1 amide bonds. The highest BCUT2D eigenvalue weighted by Gasteiger charge is 2.20. The van der Waals surface area contributed by atoms with Crippen molar-refractivity contribution >= 4 is 16.8 Å². The molecule has 1 saturated carbocycles. The molecule has 0 aliphatic heterocycles. The highest BCUT2D eigenvalue weighted by atomic mass is 16.2. The standard InChI is InChI=1S/C27H32N2O2/c1-19(2)27(22-14-12-21(13-15-22)20-8-4-3-5-9-20)28-26(31)18-29-17-16-25(30)23-10-6-7-11-24(23)29/h6-7,10-17,19-20,27H,3-5,8-9,18H2,1-2H3,(H,28,31). The summed E-state index contributed by atoms with van der Waals surface area (Å²) >= 11 is 0. The fraction of sp³-hybridized carbons (Fsp3) is 0.407. The van der Waals surface area contributed by atoms with Crippen LogP contribution in [0.5, 0.6) is 0 Å². The van der Waals surface area contributed by atoms with Gasteiger partial charge in [0.1, 0.15) is 6.54 Å². The first-order valence-electron chi connectivity index (χ1n) is 11.5. The minimum absolute atomic E-state index is 0.0228. The summed E-state index contributed by atoms with van der Waals surface area (Å²) < 4.78 is 1.84. The van der Waals surface area contributed by atoms with Crippen LogP contribution in [0, 0.1) is 5.92 Å². The van der Waals surface area contributed by atoms with Crippen LogP contribution in [0.15, 0.2) is 65.6 Å². The Kier molecular flexibility index (Phi) is 6.55. The Labute approximate surface area is 184 Å². The van der Waals surface area contributed by atoms with Gasteiger partial charge in [0.2, 0.25) is 5.91 Å². The van der Waals surface area contributed by atoms with Crippen molar-refractivity contribution in [2.24, 2.45) is 5.92 Å². The third kappa shape index (κ3) is 4.90. The molecule has 1 heterocycles. The number of aromatic nitrogens is 1. The predicted octanol–water partition coefficient (Wildman–Crippen LogP) is 5.56. The zero-order chi connectivity index (χ0) is 21.8. The number of nitrogens with zero attached hydrogens (tertiary/aromatic N) is 1. The van der Waals surface area contributed by atoms with E-state index in [9.17, 15) is 9.59 Å². The number of carbonyl (C=O) groups excluding carboxylic acids is 1. The van der Waals surface area contributed by atoms with Crippen molar-refractivity contribution in [1.82, 2.24) is 9.88 Å². The van der Waals surface area contributed by atoms with Crippen LogP contribution in [-0.4, -0.2) is 10.5 Å². The van der Waals surface area contributed by atoms with E-state index in [1.54, 1.807) is 12.3 Å². The number of hydrogen-bond donors (Lipinski definition) is 1. The second-order valence-electron chi connectivity index (χ2n) is 9.12. The molecule has 4 nitrogen and oxygen atoms in total. The number of amides is 1. The molecule has 4 rings (SSSR count). The van der Waals surface area contributed by atoms with E-state index >= 15 is 0 Å². The number of pyridine rings is 1. The number of para-hydroxylation sites is 1. The minimum atomic E-state index is -0.0520. The second kappa shape index (κ2) is 9.51. The number of fused-ring (bicyclic) bond motifs is 1. The van der Waals surface area contributed by atoms with Crippen molar-refractivity contribution in [3.05, 3.63) is 82.1 Å². The Bertz CT molecular complexity index is 1090. The SMILES string of the molecule is CC(C)C(NC(=O)Cn1ccc(=O)c2ccccc21)c1ccc(C2CCCCC2)cc1. The molecule has 1 aliphatic rings. The summed E-state index contributed by atoms with van der Waals surface area (Å²) in [6.07, 6.45) is 8.30. The molecule has 1 atom stereocenters. The summed E-state index contributed by atoms with van der Waals surface area (Å²) in [6.45, 7) is 4.45. The Balaban J connectivity index is 1.49. The minimum Gasteiger partial charge on any atom is -0.347 e. The Morgan fingerprint density at radius 3 is 2.42 bits per heavy atom. The third-order valence-corrected chi connectivity index (χ3v) is 6.55. The number of benzene rings is 2. The molecule has 0 radical (unpaired) electrons. The lowest BCUT2D eigenvalue weighted by Gasteiger charge is -2.25. The molecule has 0 bridgehead atoms. The lowest BCUT2D eigenvalue weighted by molar-refractivity contribution is -0.122. The monoisotopic (exact) mass is 416 g/mol. The second-order valence-corrected chi connectivity index (χ2v) is 9.12. The van der Waals surface area contributed by atoms with Crippen molar-refractivity contribution in [2.75, 3.05) is 0 Å². The van der Waals surface area contributed by atoms with Crippen molar-refractivity contribution in [3.63, 3.8) is 0 Å². The van der Waals surface area contributed by atoms with Gasteiger partial charge in [-0.15, -0.1) is 0 Å². The number of nitrogens with one attached hydrogen (secondary N) is 1. The highest BCUT2D eigenvalue weighted by Crippen LogP contribution is 2.33. The first kappa shape index (κ1) is 21.4. The van der Waals surface area contributed by atoms with Crippen molar-refractivity contribution in [3.8, 4) is 0 Å². The molecule has 31 heavy (non-hydrogen) atoms. The van der Waals surface area contributed by atoms with Gasteiger partial charge >= 0.3 is 0 Å². The van der Waals surface area contributed by atoms with E-state index in [0.717, 1.165) is 11.1 Å². The molecule has 2 aromatic carbocycles. The van der Waals surface area contributed by atoms with Crippen molar-refractivity contribution in [1.29, 1.82) is 0 Å². The first-order valence-corrected chi connectivity index (χ1v) is 11.5. The molecule has 1 aliphatic carbocycles. The average molecular weight is 417 g/mol. The van der Waals surface area contributed by atoms with Gasteiger partial charge in [-0.3, -0.25) is 9.59 Å². The van der Waals surface area contributed by atoms with Crippen LogP contribution < -0.4 is 10.7 Å². The van der Waals surface area contributed by atoms with Gasteiger partial charge in [0, 0.05) is 17.6 Å². The Hall–Kier alpha value is -2.88. The van der Waals surface area contributed by atoms with E-state index in [4.69, 9.17) is 0 Å². The molecular formula is C27H32N2O2. The van der Waals surface area contributed by atoms with Gasteiger partial charge in [0.25, 0.3) is 0 Å². The molecule has 3 aromatic rings. The Morgan fingerprint density at radius 2 is 1.71 bits per heavy atom. The van der Waals surface area contributed by atoms with E-state index in [-0.39, 0.29) is 29.8 Å². The number of carbonyl (C=O) groups is 1. The molecule has 1 N–H and O–H groups in total. The molecule has 0 saturated heterocycles. The lowest BCUT2D eigenvalue weighted by atomic mass is 9.83. The van der Waals surface area contributed by atoms with E-state index in [2.05, 4.69) is 43.4 Å². The quantitative estimate of drug-likeness (QED) is 0.572. The predicted molar refractivity (Wildman–Crippen MR) is 126 cm³/mol. The summed E-state index contributed by atoms with van der Waals surface area (Å²) in [5, 5.41) is 3.86. The zero-order valence-corrected chi connectivity index (χ0v) is 18.5. The maximum absolute atomic E-state index is 12.9. The molecule has 0 spiro atoms. The van der Waals surface area contributed by atoms with Gasteiger partial charge in [0.15, 0.2) is 5.43 Å². The fourth-order valence-electron chi connectivity index (χ4n) is 4.82. The summed E-state index contributed by atoms with van der Waals surface area (Å²) in [6, 6.07) is 17.8. The summed E-state index contributed by atoms with van der Waals surface area (Å²) in [4.78, 5) is 25.0. The van der Waals surface area contributed by atoms with E-state index in [1.807, 2.05) is 22.8 Å². The highest BCUT2D eigenvalue weighted by molar-refractivity contribution is 5.82. The van der Waals surface area contributed by atoms with E-state index in [0.29, 0.717) is 11.3 Å². The van der Waals surface area contributed by atoms with Gasteiger partial charge < -0.3 is 9.88 Å². The van der Waals surface area contributed by atoms with Crippen LogP contribution >= 0.6 is 0 Å². The van der Waals surface area contributed by atoms with Crippen LogP contribution in [0.3, 0.4) is 0 Å². The zero-order valence-electron chi connectivity index (χ0n) is 18.5. The van der Waals surface area contributed by atoms with Crippen molar-refractivity contribution < 1.29 is 4.79 Å². The van der Waals surface area contributed by atoms with Crippen LogP contribution in [-0.2, 0) is 11.3 Å². The summed E-state index contributed by atoms with van der Waals surface area (Å²) in [7, 11) is 0. The molecule has 1 unspecified atom stereocenters. The lowest BCUT2D eigenvalue weighted by Crippen LogP contribution is -2.34. The van der Waals surface area contributed by atoms with Gasteiger partial charge in [-0.2, -0.15) is 0 Å². The smallest absolute Gasteiger partial charge is 0.240 e. The molecule has 4 heteroatoms. The number of hydrogen-bond acceptors (Lipinski definition) is 2. The molecule has 1 fully saturated rings. The maximum Gasteiger partial charge on any atom is 0.240 e. The average Bonchev–Trinajstić information content (AvgIpc) is 2.80. The first-order chi connectivity index (χ1) is 15.0. The van der Waals surface area contributed by atoms with E-state index in [1.165, 1.54) is 43.7 Å². The van der Waals surface area contributed by atoms with Crippen LogP contribution in [0.4, 0.5) is 0 Å².